The first-order chi connectivity index (χ1) is 14.4. The van der Waals surface area contributed by atoms with Crippen molar-refractivity contribution in [1.29, 1.82) is 0 Å². The summed E-state index contributed by atoms with van der Waals surface area (Å²) in [6.45, 7) is 8.73. The number of nitrogens with zero attached hydrogens (tertiary/aromatic N) is 1. The topological polar surface area (TPSA) is 107 Å². The number of amides is 2. The number of ether oxygens (including phenoxy) is 1. The third-order valence-corrected chi connectivity index (χ3v) is 4.72. The Balaban J connectivity index is 2.10. The molecule has 0 saturated heterocycles. The minimum absolute atomic E-state index is 0.243. The van der Waals surface area contributed by atoms with E-state index in [1.54, 1.807) is 52.3 Å². The van der Waals surface area contributed by atoms with E-state index in [2.05, 4.69) is 10.6 Å². The highest BCUT2D eigenvalue weighted by Gasteiger charge is 2.29. The number of para-hydroxylation sites is 1. The number of aryl methyl sites for hydroxylation is 1. The van der Waals surface area contributed by atoms with Crippen molar-refractivity contribution in [1.82, 2.24) is 15.2 Å². The molecule has 0 saturated carbocycles. The lowest BCUT2D eigenvalue weighted by Gasteiger charge is -2.24. The summed E-state index contributed by atoms with van der Waals surface area (Å²) in [5.41, 5.74) is 0.624. The first-order valence-corrected chi connectivity index (χ1v) is 10.3. The molecule has 2 atom stereocenters. The van der Waals surface area contributed by atoms with Crippen LogP contribution in [0.1, 0.15) is 51.5 Å². The van der Waals surface area contributed by atoms with Crippen LogP contribution in [0.3, 0.4) is 0 Å². The van der Waals surface area contributed by atoms with Gasteiger partial charge in [-0.3, -0.25) is 14.4 Å². The van der Waals surface area contributed by atoms with E-state index in [1.807, 2.05) is 24.3 Å². The Morgan fingerprint density at radius 1 is 1.13 bits per heavy atom. The van der Waals surface area contributed by atoms with E-state index >= 15 is 0 Å². The second-order valence-electron chi connectivity index (χ2n) is 8.88. The Bertz CT molecular complexity index is 971. The number of fused-ring (bicyclic) bond motifs is 1. The van der Waals surface area contributed by atoms with Crippen LogP contribution in [-0.2, 0) is 26.2 Å². The van der Waals surface area contributed by atoms with E-state index in [9.17, 15) is 19.2 Å². The molecule has 168 valence electrons. The summed E-state index contributed by atoms with van der Waals surface area (Å²) >= 11 is 0. The van der Waals surface area contributed by atoms with Crippen molar-refractivity contribution in [3.05, 3.63) is 36.0 Å². The van der Waals surface area contributed by atoms with Crippen LogP contribution in [0.4, 0.5) is 0 Å². The van der Waals surface area contributed by atoms with Gasteiger partial charge in [-0.15, -0.1) is 0 Å². The van der Waals surface area contributed by atoms with Gasteiger partial charge in [0, 0.05) is 18.0 Å². The maximum Gasteiger partial charge on any atom is 0.308 e. The van der Waals surface area contributed by atoms with Gasteiger partial charge in [0.05, 0.1) is 12.5 Å². The molecule has 0 unspecified atom stereocenters. The maximum atomic E-state index is 12.9. The maximum absolute atomic E-state index is 12.9. The molecule has 8 nitrogen and oxygen atoms in total. The van der Waals surface area contributed by atoms with E-state index in [-0.39, 0.29) is 12.3 Å². The molecule has 2 rings (SSSR count). The number of esters is 1. The van der Waals surface area contributed by atoms with E-state index in [0.29, 0.717) is 12.0 Å². The molecule has 31 heavy (non-hydrogen) atoms. The summed E-state index contributed by atoms with van der Waals surface area (Å²) in [4.78, 5) is 49.1. The zero-order chi connectivity index (χ0) is 23.3. The number of nitrogens with one attached hydrogen (secondary N) is 2. The molecule has 0 spiro atoms. The SMILES string of the molecule is CC(C)[C@H](NC(=O)c1cc2ccccc2n1C)C(=O)N[C@H](C=O)CC(=O)OC(C)(C)C. The van der Waals surface area contributed by atoms with Gasteiger partial charge in [-0.2, -0.15) is 0 Å². The lowest BCUT2D eigenvalue weighted by atomic mass is 10.0. The molecule has 0 radical (unpaired) electrons. The second-order valence-corrected chi connectivity index (χ2v) is 8.88. The van der Waals surface area contributed by atoms with Crippen LogP contribution in [0, 0.1) is 5.92 Å². The molecule has 1 aromatic heterocycles. The molecule has 2 amide bonds. The van der Waals surface area contributed by atoms with Gasteiger partial charge in [0.1, 0.15) is 23.6 Å². The van der Waals surface area contributed by atoms with Crippen molar-refractivity contribution in [2.45, 2.75) is 58.7 Å². The highest BCUT2D eigenvalue weighted by Crippen LogP contribution is 2.18. The Hall–Kier alpha value is -3.16. The zero-order valence-corrected chi connectivity index (χ0v) is 18.9. The van der Waals surface area contributed by atoms with Gasteiger partial charge in [-0.1, -0.05) is 32.0 Å². The van der Waals surface area contributed by atoms with Crippen molar-refractivity contribution >= 4 is 35.0 Å². The summed E-state index contributed by atoms with van der Waals surface area (Å²) < 4.78 is 6.96. The molecule has 0 aliphatic heterocycles. The highest BCUT2D eigenvalue weighted by atomic mass is 16.6. The number of aromatic nitrogens is 1. The van der Waals surface area contributed by atoms with Gasteiger partial charge < -0.3 is 24.7 Å². The molecule has 0 bridgehead atoms. The summed E-state index contributed by atoms with van der Waals surface area (Å²) in [5, 5.41) is 6.20. The average Bonchev–Trinajstić information content (AvgIpc) is 3.00. The van der Waals surface area contributed by atoms with Crippen LogP contribution in [-0.4, -0.2) is 46.3 Å². The minimum atomic E-state index is -1.04. The third kappa shape index (κ3) is 6.41. The summed E-state index contributed by atoms with van der Waals surface area (Å²) in [5.74, 6) is -1.77. The van der Waals surface area contributed by atoms with E-state index in [4.69, 9.17) is 4.74 Å². The molecular formula is C23H31N3O5. The largest absolute Gasteiger partial charge is 0.460 e. The van der Waals surface area contributed by atoms with Crippen molar-refractivity contribution in [3.8, 4) is 0 Å². The standard InChI is InChI=1S/C23H31N3O5/c1-14(2)20(22(30)24-16(13-27)12-19(28)31-23(3,4)5)25-21(29)18-11-15-9-7-8-10-17(15)26(18)6/h7-11,13-14,16,20H,12H2,1-6H3,(H,24,30)(H,25,29)/t16-,20-/m0/s1. The summed E-state index contributed by atoms with van der Waals surface area (Å²) in [6, 6.07) is 7.42. The lowest BCUT2D eigenvalue weighted by molar-refractivity contribution is -0.156. The highest BCUT2D eigenvalue weighted by molar-refractivity contribution is 6.01. The lowest BCUT2D eigenvalue weighted by Crippen LogP contribution is -2.53. The molecule has 2 N–H and O–H groups in total. The van der Waals surface area contributed by atoms with Crippen molar-refractivity contribution in [2.75, 3.05) is 0 Å². The molecule has 0 aliphatic carbocycles. The van der Waals surface area contributed by atoms with E-state index < -0.39 is 35.5 Å². The van der Waals surface area contributed by atoms with Gasteiger partial charge in [0.25, 0.3) is 5.91 Å². The molecule has 8 heteroatoms. The number of benzene rings is 1. The average molecular weight is 430 g/mol. The first kappa shape index (κ1) is 24.1. The van der Waals surface area contributed by atoms with Crippen molar-refractivity contribution in [3.63, 3.8) is 0 Å². The molecular weight excluding hydrogens is 398 g/mol. The fourth-order valence-electron chi connectivity index (χ4n) is 3.23. The Kier molecular flexibility index (Phi) is 7.60. The molecule has 0 aliphatic rings. The van der Waals surface area contributed by atoms with Crippen LogP contribution in [0.15, 0.2) is 30.3 Å². The number of aldehydes is 1. The Morgan fingerprint density at radius 3 is 2.32 bits per heavy atom. The first-order valence-electron chi connectivity index (χ1n) is 10.3. The number of carbonyl (C=O) groups excluding carboxylic acids is 4. The second kappa shape index (κ2) is 9.76. The van der Waals surface area contributed by atoms with Crippen LogP contribution in [0.2, 0.25) is 0 Å². The van der Waals surface area contributed by atoms with Crippen molar-refractivity contribution in [2.24, 2.45) is 13.0 Å². The third-order valence-electron chi connectivity index (χ3n) is 4.72. The molecule has 2 aromatic rings. The quantitative estimate of drug-likeness (QED) is 0.495. The van der Waals surface area contributed by atoms with Gasteiger partial charge in [-0.25, -0.2) is 0 Å². The van der Waals surface area contributed by atoms with Gasteiger partial charge >= 0.3 is 5.97 Å². The fraction of sp³-hybridized carbons (Fsp3) is 0.478. The van der Waals surface area contributed by atoms with Crippen LogP contribution < -0.4 is 10.6 Å². The van der Waals surface area contributed by atoms with Crippen LogP contribution in [0.25, 0.3) is 10.9 Å². The van der Waals surface area contributed by atoms with Gasteiger partial charge in [0.2, 0.25) is 5.91 Å². The molecule has 1 heterocycles. The van der Waals surface area contributed by atoms with E-state index in [1.165, 1.54) is 0 Å². The number of rotatable bonds is 8. The van der Waals surface area contributed by atoms with Crippen LogP contribution >= 0.6 is 0 Å². The number of hydrogen-bond donors (Lipinski definition) is 2. The summed E-state index contributed by atoms with van der Waals surface area (Å²) in [7, 11) is 1.78. The monoisotopic (exact) mass is 429 g/mol. The Morgan fingerprint density at radius 2 is 1.77 bits per heavy atom. The molecule has 1 aromatic carbocycles. The predicted octanol–water partition coefficient (Wildman–Crippen LogP) is 2.35. The number of hydrogen-bond acceptors (Lipinski definition) is 5. The normalized spacial score (nSPS) is 13.5. The zero-order valence-electron chi connectivity index (χ0n) is 18.9. The van der Waals surface area contributed by atoms with E-state index in [0.717, 1.165) is 10.9 Å². The van der Waals surface area contributed by atoms with Gasteiger partial charge in [-0.05, 0) is 38.8 Å². The number of carbonyl (C=O) groups is 4. The summed E-state index contributed by atoms with van der Waals surface area (Å²) in [6.07, 6.45) is 0.208. The predicted molar refractivity (Wildman–Crippen MR) is 117 cm³/mol. The smallest absolute Gasteiger partial charge is 0.308 e. The van der Waals surface area contributed by atoms with Crippen molar-refractivity contribution < 1.29 is 23.9 Å². The van der Waals surface area contributed by atoms with Gasteiger partial charge in [0.15, 0.2) is 0 Å². The molecule has 0 fully saturated rings. The minimum Gasteiger partial charge on any atom is -0.460 e. The fourth-order valence-corrected chi connectivity index (χ4v) is 3.23. The Labute approximate surface area is 182 Å². The van der Waals surface area contributed by atoms with Crippen LogP contribution in [0.5, 0.6) is 0 Å².